The molecule has 0 unspecified atom stereocenters. The molecule has 1 aliphatic rings. The van der Waals surface area contributed by atoms with Gasteiger partial charge in [0, 0.05) is 36.9 Å². The number of likely N-dealkylation sites (N-methyl/N-ethyl adjacent to an activating group) is 1. The molecule has 1 aromatic heterocycles. The molecule has 3 aromatic carbocycles. The number of aromatic nitrogens is 1. The lowest BCUT2D eigenvalue weighted by atomic mass is 9.93. The maximum atomic E-state index is 14.4. The van der Waals surface area contributed by atoms with Crippen molar-refractivity contribution in [1.82, 2.24) is 20.5 Å². The fraction of sp³-hybridized carbons (Fsp3) is 0.420. The zero-order chi connectivity index (χ0) is 44.8. The molecular formula is C50H62N4O7S. The van der Waals surface area contributed by atoms with Crippen molar-refractivity contribution >= 4 is 35.2 Å². The number of carbonyl (C=O) groups excluding carboxylic acids is 4. The van der Waals surface area contributed by atoms with E-state index in [-0.39, 0.29) is 73.1 Å². The van der Waals surface area contributed by atoms with Crippen LogP contribution in [0.4, 0.5) is 4.79 Å². The van der Waals surface area contributed by atoms with Gasteiger partial charge in [-0.2, -0.15) is 0 Å². The second-order valence-electron chi connectivity index (χ2n) is 16.4. The van der Waals surface area contributed by atoms with Crippen molar-refractivity contribution in [2.45, 2.75) is 90.4 Å². The van der Waals surface area contributed by atoms with Gasteiger partial charge in [-0.05, 0) is 52.5 Å². The molecule has 0 saturated carbocycles. The molecule has 2 N–H and O–H groups in total. The van der Waals surface area contributed by atoms with E-state index in [4.69, 9.17) is 19.2 Å². The van der Waals surface area contributed by atoms with Crippen molar-refractivity contribution < 1.29 is 33.4 Å². The summed E-state index contributed by atoms with van der Waals surface area (Å²) < 4.78 is 17.4. The Balaban J connectivity index is 1.28. The molecule has 1 aliphatic carbocycles. The molecule has 6 atom stereocenters. The van der Waals surface area contributed by atoms with Gasteiger partial charge in [0.05, 0.1) is 12.5 Å². The normalized spacial score (nSPS) is 14.9. The maximum Gasteiger partial charge on any atom is 0.407 e. The molecule has 0 bridgehead atoms. The molecule has 0 fully saturated rings. The number of ether oxygens (including phenoxy) is 3. The summed E-state index contributed by atoms with van der Waals surface area (Å²) in [6.45, 7) is 17.7. The number of esters is 1. The summed E-state index contributed by atoms with van der Waals surface area (Å²) >= 11 is 1.31. The third-order valence-electron chi connectivity index (χ3n) is 11.7. The molecule has 5 rings (SSSR count). The quantitative estimate of drug-likeness (QED) is 0.0557. The van der Waals surface area contributed by atoms with Crippen molar-refractivity contribution in [2.24, 2.45) is 17.8 Å². The Morgan fingerprint density at radius 2 is 1.47 bits per heavy atom. The summed E-state index contributed by atoms with van der Waals surface area (Å²) in [7, 11) is 1.76. The van der Waals surface area contributed by atoms with Crippen LogP contribution in [-0.4, -0.2) is 78.8 Å². The number of nitrogens with zero attached hydrogens (tertiary/aromatic N) is 2. The van der Waals surface area contributed by atoms with Crippen molar-refractivity contribution in [2.75, 3.05) is 26.9 Å². The third kappa shape index (κ3) is 12.3. The van der Waals surface area contributed by atoms with Crippen LogP contribution in [0.3, 0.4) is 0 Å². The van der Waals surface area contributed by atoms with Gasteiger partial charge in [0.2, 0.25) is 5.91 Å². The lowest BCUT2D eigenvalue weighted by molar-refractivity contribution is -0.147. The first-order valence-corrected chi connectivity index (χ1v) is 22.4. The molecule has 0 aliphatic heterocycles. The van der Waals surface area contributed by atoms with Gasteiger partial charge in [-0.25, -0.2) is 9.78 Å². The van der Waals surface area contributed by atoms with Crippen LogP contribution < -0.4 is 10.6 Å². The molecular weight excluding hydrogens is 801 g/mol. The molecule has 1 heterocycles. The number of nitrogens with one attached hydrogen (secondary N) is 2. The van der Waals surface area contributed by atoms with E-state index in [2.05, 4.69) is 48.1 Å². The number of thiazole rings is 1. The van der Waals surface area contributed by atoms with Crippen molar-refractivity contribution in [3.63, 3.8) is 0 Å². The summed E-state index contributed by atoms with van der Waals surface area (Å²) in [6, 6.07) is 24.6. The average Bonchev–Trinajstić information content (AvgIpc) is 3.90. The third-order valence-corrected chi connectivity index (χ3v) is 12.6. The van der Waals surface area contributed by atoms with Crippen molar-refractivity contribution in [3.05, 3.63) is 137 Å². The van der Waals surface area contributed by atoms with Crippen LogP contribution in [0.25, 0.3) is 11.1 Å². The SMILES string of the molecule is C=CCOC(=O)[C@@H](C)C[C@H](Cc1ccccc1)NC(=O)c1csc([C@@H](C[C@H](C(C)C)N(C)C(=O)[C@@H](NC(=O)OCC2c3ccccc3-c3ccccc32)[C@@H](C)CC)OCC=C)n1. The summed E-state index contributed by atoms with van der Waals surface area (Å²) in [6.07, 6.45) is 3.87. The minimum atomic E-state index is -0.833. The predicted molar refractivity (Wildman–Crippen MR) is 245 cm³/mol. The van der Waals surface area contributed by atoms with E-state index < -0.39 is 24.2 Å². The van der Waals surface area contributed by atoms with Gasteiger partial charge in [-0.15, -0.1) is 17.9 Å². The molecule has 330 valence electrons. The van der Waals surface area contributed by atoms with Crippen LogP contribution in [0.1, 0.15) is 98.1 Å². The monoisotopic (exact) mass is 862 g/mol. The fourth-order valence-electron chi connectivity index (χ4n) is 8.05. The number of hydrogen-bond donors (Lipinski definition) is 2. The first kappa shape index (κ1) is 47.5. The van der Waals surface area contributed by atoms with Crippen molar-refractivity contribution in [1.29, 1.82) is 0 Å². The average molecular weight is 863 g/mol. The van der Waals surface area contributed by atoms with E-state index in [1.807, 2.05) is 82.3 Å². The van der Waals surface area contributed by atoms with Gasteiger partial charge in [-0.3, -0.25) is 14.4 Å². The Labute approximate surface area is 371 Å². The first-order valence-electron chi connectivity index (χ1n) is 21.5. The van der Waals surface area contributed by atoms with E-state index in [1.165, 1.54) is 17.4 Å². The second kappa shape index (κ2) is 23.0. The number of rotatable bonds is 23. The standard InChI is InChI=1S/C50H62N4O7S/c1-9-25-59-44(47-52-42(31-62-47)46(55)51-36(28-35-19-13-12-14-20-35)27-34(7)49(57)60-26-10-2)29-43(32(4)5)54(8)48(56)45(33(6)11-3)53-50(58)61-30-41-39-23-17-15-21-37(39)38-22-16-18-24-40(38)41/h9-10,12-24,31-34,36,41,43-45H,1-2,11,25-30H2,3-8H3,(H,51,55)(H,53,58)/t33-,34-,36+,43+,44+,45-/m0/s1. The van der Waals surface area contributed by atoms with Crippen molar-refractivity contribution in [3.8, 4) is 11.1 Å². The highest BCUT2D eigenvalue weighted by Crippen LogP contribution is 2.44. The number of alkyl carbamates (subject to hydrolysis) is 1. The van der Waals surface area contributed by atoms with E-state index in [0.717, 1.165) is 27.8 Å². The highest BCUT2D eigenvalue weighted by atomic mass is 32.1. The van der Waals surface area contributed by atoms with E-state index in [9.17, 15) is 19.2 Å². The first-order chi connectivity index (χ1) is 29.9. The highest BCUT2D eigenvalue weighted by molar-refractivity contribution is 7.09. The summed E-state index contributed by atoms with van der Waals surface area (Å²) in [5.74, 6) is -1.73. The zero-order valence-corrected chi connectivity index (χ0v) is 37.7. The fourth-order valence-corrected chi connectivity index (χ4v) is 8.91. The van der Waals surface area contributed by atoms with Crippen LogP contribution in [0.2, 0.25) is 0 Å². The second-order valence-corrected chi connectivity index (χ2v) is 17.3. The van der Waals surface area contributed by atoms with Gasteiger partial charge in [0.1, 0.15) is 36.1 Å². The molecule has 62 heavy (non-hydrogen) atoms. The summed E-state index contributed by atoms with van der Waals surface area (Å²) in [5.41, 5.74) is 5.73. The Morgan fingerprint density at radius 3 is 2.08 bits per heavy atom. The van der Waals surface area contributed by atoms with Gasteiger partial charge in [0.15, 0.2) is 0 Å². The van der Waals surface area contributed by atoms with Crippen LogP contribution in [-0.2, 0) is 30.2 Å². The number of benzene rings is 3. The molecule has 11 nitrogen and oxygen atoms in total. The van der Waals surface area contributed by atoms with Gasteiger partial charge in [0.25, 0.3) is 5.91 Å². The molecule has 12 heteroatoms. The zero-order valence-electron chi connectivity index (χ0n) is 36.9. The smallest absolute Gasteiger partial charge is 0.407 e. The molecule has 0 saturated heterocycles. The number of amides is 3. The summed E-state index contributed by atoms with van der Waals surface area (Å²) in [5, 5.41) is 8.32. The van der Waals surface area contributed by atoms with E-state index in [1.54, 1.807) is 30.3 Å². The lowest BCUT2D eigenvalue weighted by Crippen LogP contribution is -2.54. The Morgan fingerprint density at radius 1 is 0.839 bits per heavy atom. The minimum absolute atomic E-state index is 0.00699. The number of carbonyl (C=O) groups is 4. The van der Waals surface area contributed by atoms with Gasteiger partial charge in [-0.1, -0.05) is 139 Å². The Bertz CT molecular complexity index is 2090. The molecule has 3 amide bonds. The van der Waals surface area contributed by atoms with Gasteiger partial charge < -0.3 is 29.7 Å². The van der Waals surface area contributed by atoms with E-state index >= 15 is 0 Å². The maximum absolute atomic E-state index is 14.4. The largest absolute Gasteiger partial charge is 0.461 e. The predicted octanol–water partition coefficient (Wildman–Crippen LogP) is 9.31. The number of hydrogen-bond acceptors (Lipinski definition) is 9. The Kier molecular flexibility index (Phi) is 17.6. The van der Waals surface area contributed by atoms with Crippen LogP contribution >= 0.6 is 11.3 Å². The topological polar surface area (TPSA) is 136 Å². The minimum Gasteiger partial charge on any atom is -0.461 e. The molecule has 4 aromatic rings. The number of fused-ring (bicyclic) bond motifs is 3. The van der Waals surface area contributed by atoms with E-state index in [0.29, 0.717) is 30.7 Å². The Hall–Kier alpha value is -5.59. The summed E-state index contributed by atoms with van der Waals surface area (Å²) in [4.78, 5) is 60.8. The van der Waals surface area contributed by atoms with Crippen LogP contribution in [0, 0.1) is 17.8 Å². The molecule has 0 spiro atoms. The highest BCUT2D eigenvalue weighted by Gasteiger charge is 2.36. The lowest BCUT2D eigenvalue weighted by Gasteiger charge is -2.37. The van der Waals surface area contributed by atoms with Gasteiger partial charge >= 0.3 is 12.1 Å². The van der Waals surface area contributed by atoms with Crippen LogP contribution in [0.15, 0.2) is 110 Å². The molecule has 0 radical (unpaired) electrons. The van der Waals surface area contributed by atoms with Crippen LogP contribution in [0.5, 0.6) is 0 Å².